The molecule has 0 fully saturated rings. The quantitative estimate of drug-likeness (QED) is 0.224. The molecule has 0 saturated heterocycles. The van der Waals surface area contributed by atoms with Gasteiger partial charge in [-0.3, -0.25) is 0 Å². The summed E-state index contributed by atoms with van der Waals surface area (Å²) in [5.41, 5.74) is 13.1. The third kappa shape index (κ3) is 5.23. The Morgan fingerprint density at radius 1 is 0.825 bits per heavy atom. The number of pyridine rings is 1. The van der Waals surface area contributed by atoms with Gasteiger partial charge in [-0.1, -0.05) is 41.9 Å². The maximum Gasteiger partial charge on any atom is 0.165 e. The van der Waals surface area contributed by atoms with Crippen molar-refractivity contribution in [3.8, 4) is 45.0 Å². The van der Waals surface area contributed by atoms with Gasteiger partial charge < -0.3 is 24.8 Å². The van der Waals surface area contributed by atoms with Crippen LogP contribution in [0.2, 0.25) is 5.02 Å². The van der Waals surface area contributed by atoms with Gasteiger partial charge in [0.25, 0.3) is 0 Å². The third-order valence-corrected chi connectivity index (χ3v) is 7.04. The minimum absolute atomic E-state index is 0.330. The maximum absolute atomic E-state index is 6.48. The molecule has 0 bridgehead atoms. The Morgan fingerprint density at radius 2 is 1.55 bits per heavy atom. The molecule has 8 nitrogen and oxygen atoms in total. The number of hydrogen-bond donors (Lipinski definition) is 1. The molecule has 0 radical (unpaired) electrons. The topological polar surface area (TPSA) is 95.6 Å². The molecule has 0 unspecified atom stereocenters. The van der Waals surface area contributed by atoms with Crippen molar-refractivity contribution in [2.45, 2.75) is 0 Å². The van der Waals surface area contributed by atoms with Crippen molar-refractivity contribution in [1.29, 1.82) is 0 Å². The second-order valence-corrected chi connectivity index (χ2v) is 9.65. The maximum atomic E-state index is 6.48. The number of methoxy groups -OCH3 is 3. The number of rotatable bonds is 9. The van der Waals surface area contributed by atoms with Crippen molar-refractivity contribution >= 4 is 34.1 Å². The number of nitrogen functional groups attached to an aromatic ring is 1. The van der Waals surface area contributed by atoms with Crippen molar-refractivity contribution < 1.29 is 14.2 Å². The van der Waals surface area contributed by atoms with Crippen LogP contribution in [-0.4, -0.2) is 56.5 Å². The smallest absolute Gasteiger partial charge is 0.165 e. The van der Waals surface area contributed by atoms with Gasteiger partial charge in [-0.15, -0.1) is 0 Å². The number of anilines is 2. The van der Waals surface area contributed by atoms with Gasteiger partial charge in [0.2, 0.25) is 0 Å². The molecule has 3 aromatic carbocycles. The number of hydrogen-bond acceptors (Lipinski definition) is 8. The number of aromatic nitrogens is 3. The molecule has 9 heteroatoms. The molecule has 40 heavy (non-hydrogen) atoms. The fraction of sp³-hybridized carbons (Fsp3) is 0.194. The summed E-state index contributed by atoms with van der Waals surface area (Å²) in [6.07, 6.45) is 1.43. The second-order valence-electron chi connectivity index (χ2n) is 9.21. The van der Waals surface area contributed by atoms with E-state index in [0.717, 1.165) is 45.7 Å². The van der Waals surface area contributed by atoms with E-state index in [1.54, 1.807) is 21.3 Å². The Kier molecular flexibility index (Phi) is 8.00. The zero-order valence-electron chi connectivity index (χ0n) is 22.8. The average Bonchev–Trinajstić information content (AvgIpc) is 2.98. The SMILES string of the molecule is COCCN(C)c1ccc(-c2nc3ncnc(N)c3c(-c3cccc(Cl)c3)c2-c2ccc(OC)c(OC)c2)cc1. The van der Waals surface area contributed by atoms with E-state index in [9.17, 15) is 0 Å². The Hall–Kier alpha value is -4.40. The van der Waals surface area contributed by atoms with Crippen LogP contribution >= 0.6 is 11.6 Å². The van der Waals surface area contributed by atoms with Crippen LogP contribution in [0.1, 0.15) is 0 Å². The van der Waals surface area contributed by atoms with E-state index >= 15 is 0 Å². The van der Waals surface area contributed by atoms with E-state index in [0.29, 0.717) is 40.0 Å². The fourth-order valence-electron chi connectivity index (χ4n) is 4.76. The lowest BCUT2D eigenvalue weighted by atomic mass is 9.88. The Balaban J connectivity index is 1.84. The second kappa shape index (κ2) is 11.8. The van der Waals surface area contributed by atoms with E-state index in [1.807, 2.05) is 49.5 Å². The van der Waals surface area contributed by atoms with Crippen LogP contribution < -0.4 is 20.1 Å². The first-order valence-corrected chi connectivity index (χ1v) is 13.1. The summed E-state index contributed by atoms with van der Waals surface area (Å²) < 4.78 is 16.4. The van der Waals surface area contributed by atoms with Crippen LogP contribution in [-0.2, 0) is 4.74 Å². The van der Waals surface area contributed by atoms with Crippen LogP contribution in [0.3, 0.4) is 0 Å². The van der Waals surface area contributed by atoms with Gasteiger partial charge in [-0.2, -0.15) is 0 Å². The summed E-state index contributed by atoms with van der Waals surface area (Å²) in [6.45, 7) is 1.41. The molecule has 0 spiro atoms. The molecule has 0 saturated carbocycles. The number of nitrogens with two attached hydrogens (primary N) is 1. The van der Waals surface area contributed by atoms with Gasteiger partial charge in [0.15, 0.2) is 17.1 Å². The molecule has 2 N–H and O–H groups in total. The van der Waals surface area contributed by atoms with Gasteiger partial charge in [-0.05, 0) is 47.5 Å². The highest BCUT2D eigenvalue weighted by molar-refractivity contribution is 6.31. The molecular weight excluding hydrogens is 526 g/mol. The Labute approximate surface area is 238 Å². The number of benzene rings is 3. The lowest BCUT2D eigenvalue weighted by molar-refractivity contribution is 0.206. The lowest BCUT2D eigenvalue weighted by Crippen LogP contribution is -2.21. The first kappa shape index (κ1) is 27.2. The summed E-state index contributed by atoms with van der Waals surface area (Å²) in [4.78, 5) is 16.0. The van der Waals surface area contributed by atoms with Gasteiger partial charge >= 0.3 is 0 Å². The minimum atomic E-state index is 0.330. The molecule has 0 aliphatic carbocycles. The van der Waals surface area contributed by atoms with Gasteiger partial charge in [0.05, 0.1) is 31.9 Å². The van der Waals surface area contributed by atoms with Crippen LogP contribution in [0.15, 0.2) is 73.1 Å². The van der Waals surface area contributed by atoms with E-state index in [1.165, 1.54) is 6.33 Å². The van der Waals surface area contributed by atoms with Gasteiger partial charge in [0.1, 0.15) is 12.1 Å². The van der Waals surface area contributed by atoms with Crippen molar-refractivity contribution in [3.63, 3.8) is 0 Å². The standard InChI is InChI=1S/C31H30ClN5O3/c1-37(14-15-38-2)23-11-8-19(9-12-23)29-27(21-10-13-24(39-3)25(17-21)40-4)26(20-6-5-7-22(32)16-20)28-30(33)34-18-35-31(28)36-29/h5-13,16-18H,14-15H2,1-4H3,(H2,33,34,35,36). The van der Waals surface area contributed by atoms with Crippen LogP contribution in [0.5, 0.6) is 11.5 Å². The first-order chi connectivity index (χ1) is 19.4. The van der Waals surface area contributed by atoms with Gasteiger partial charge in [-0.25, -0.2) is 15.0 Å². The zero-order valence-corrected chi connectivity index (χ0v) is 23.6. The van der Waals surface area contributed by atoms with Crippen LogP contribution in [0.25, 0.3) is 44.5 Å². The highest BCUT2D eigenvalue weighted by Gasteiger charge is 2.23. The highest BCUT2D eigenvalue weighted by atomic mass is 35.5. The minimum Gasteiger partial charge on any atom is -0.493 e. The zero-order chi connectivity index (χ0) is 28.2. The Bertz CT molecular complexity index is 1660. The molecular formula is C31H30ClN5O3. The predicted molar refractivity (Wildman–Crippen MR) is 161 cm³/mol. The summed E-state index contributed by atoms with van der Waals surface area (Å²) in [6, 6.07) is 21.7. The number of fused-ring (bicyclic) bond motifs is 1. The summed E-state index contributed by atoms with van der Waals surface area (Å²) in [7, 11) is 6.96. The number of halogens is 1. The number of ether oxygens (including phenoxy) is 3. The molecule has 5 rings (SSSR count). The highest BCUT2D eigenvalue weighted by Crippen LogP contribution is 2.46. The molecule has 0 aliphatic rings. The lowest BCUT2D eigenvalue weighted by Gasteiger charge is -2.21. The normalized spacial score (nSPS) is 11.0. The Morgan fingerprint density at radius 3 is 2.25 bits per heavy atom. The van der Waals surface area contributed by atoms with E-state index in [2.05, 4.69) is 39.1 Å². The van der Waals surface area contributed by atoms with E-state index in [-0.39, 0.29) is 0 Å². The molecule has 204 valence electrons. The molecule has 2 heterocycles. The largest absolute Gasteiger partial charge is 0.493 e. The van der Waals surface area contributed by atoms with Crippen molar-refractivity contribution in [3.05, 3.63) is 78.1 Å². The number of nitrogens with zero attached hydrogens (tertiary/aromatic N) is 4. The van der Waals surface area contributed by atoms with Crippen LogP contribution in [0, 0.1) is 0 Å². The molecule has 0 atom stereocenters. The van der Waals surface area contributed by atoms with Gasteiger partial charge in [0, 0.05) is 48.1 Å². The summed E-state index contributed by atoms with van der Waals surface area (Å²) in [5.74, 6) is 1.54. The predicted octanol–water partition coefficient (Wildman–Crippen LogP) is 6.36. The van der Waals surface area contributed by atoms with Crippen molar-refractivity contribution in [2.24, 2.45) is 0 Å². The summed E-state index contributed by atoms with van der Waals surface area (Å²) in [5, 5.41) is 1.25. The van der Waals surface area contributed by atoms with Crippen molar-refractivity contribution in [1.82, 2.24) is 15.0 Å². The third-order valence-electron chi connectivity index (χ3n) is 6.81. The number of likely N-dealkylation sites (N-methyl/N-ethyl adjacent to an activating group) is 1. The van der Waals surface area contributed by atoms with Crippen molar-refractivity contribution in [2.75, 3.05) is 52.2 Å². The average molecular weight is 556 g/mol. The van der Waals surface area contributed by atoms with E-state index < -0.39 is 0 Å². The fourth-order valence-corrected chi connectivity index (χ4v) is 4.95. The monoisotopic (exact) mass is 555 g/mol. The first-order valence-electron chi connectivity index (χ1n) is 12.7. The molecule has 0 amide bonds. The molecule has 2 aromatic heterocycles. The molecule has 5 aromatic rings. The van der Waals surface area contributed by atoms with E-state index in [4.69, 9.17) is 36.5 Å². The molecule has 0 aliphatic heterocycles. The summed E-state index contributed by atoms with van der Waals surface area (Å²) >= 11 is 6.48. The van der Waals surface area contributed by atoms with Crippen LogP contribution in [0.4, 0.5) is 11.5 Å².